The number of carboxylic acids is 1. The molecule has 2 rings (SSSR count). The summed E-state index contributed by atoms with van der Waals surface area (Å²) in [6.45, 7) is 7.24. The van der Waals surface area contributed by atoms with Crippen LogP contribution in [0.15, 0.2) is 6.20 Å². The molecule has 1 aromatic heterocycles. The summed E-state index contributed by atoms with van der Waals surface area (Å²) in [5.41, 5.74) is -0.354. The minimum absolute atomic E-state index is 0.0489. The minimum Gasteiger partial charge on any atom is -0.479 e. The molecular formula is C15H23N3O4. The molecule has 0 aromatic carbocycles. The van der Waals surface area contributed by atoms with Crippen molar-refractivity contribution in [1.29, 1.82) is 0 Å². The molecule has 7 heteroatoms. The number of aromatic nitrogens is 2. The third kappa shape index (κ3) is 3.14. The monoisotopic (exact) mass is 309 g/mol. The van der Waals surface area contributed by atoms with Gasteiger partial charge in [0.15, 0.2) is 5.60 Å². The molecule has 1 aromatic rings. The van der Waals surface area contributed by atoms with E-state index < -0.39 is 11.6 Å². The molecule has 0 aliphatic carbocycles. The number of amides is 1. The van der Waals surface area contributed by atoms with E-state index in [2.05, 4.69) is 18.9 Å². The molecule has 0 radical (unpaired) electrons. The zero-order valence-corrected chi connectivity index (χ0v) is 13.2. The largest absolute Gasteiger partial charge is 0.479 e. The molecule has 7 nitrogen and oxygen atoms in total. The maximum absolute atomic E-state index is 12.5. The molecule has 2 N–H and O–H groups in total. The number of carboxylic acid groups (broad SMARTS) is 1. The highest BCUT2D eigenvalue weighted by atomic mass is 16.4. The fourth-order valence-electron chi connectivity index (χ4n) is 2.65. The van der Waals surface area contributed by atoms with Crippen molar-refractivity contribution >= 4 is 11.9 Å². The third-order valence-corrected chi connectivity index (χ3v) is 4.15. The van der Waals surface area contributed by atoms with E-state index in [0.29, 0.717) is 11.5 Å². The van der Waals surface area contributed by atoms with Gasteiger partial charge in [-0.15, -0.1) is 0 Å². The molecule has 0 atom stereocenters. The topological polar surface area (TPSA) is 95.7 Å². The highest BCUT2D eigenvalue weighted by Gasteiger charge is 2.40. The molecule has 2 heterocycles. The van der Waals surface area contributed by atoms with Crippen LogP contribution < -0.4 is 0 Å². The number of rotatable bonds is 4. The van der Waals surface area contributed by atoms with Crippen LogP contribution in [0, 0.1) is 12.8 Å². The number of hydrogen-bond acceptors (Lipinski definition) is 4. The molecular weight excluding hydrogens is 286 g/mol. The third-order valence-electron chi connectivity index (χ3n) is 4.15. The second-order valence-electron chi connectivity index (χ2n) is 6.35. The van der Waals surface area contributed by atoms with E-state index in [1.54, 1.807) is 11.1 Å². The van der Waals surface area contributed by atoms with Gasteiger partial charge in [-0.05, 0) is 12.8 Å². The summed E-state index contributed by atoms with van der Waals surface area (Å²) in [6.07, 6.45) is 1.67. The Hall–Kier alpha value is -1.89. The second kappa shape index (κ2) is 6.08. The number of nitrogens with zero attached hydrogens (tertiary/aromatic N) is 3. The summed E-state index contributed by atoms with van der Waals surface area (Å²) >= 11 is 0. The van der Waals surface area contributed by atoms with Crippen molar-refractivity contribution in [3.8, 4) is 0 Å². The van der Waals surface area contributed by atoms with E-state index >= 15 is 0 Å². The number of carbonyl (C=O) groups is 2. The lowest BCUT2D eigenvalue weighted by Gasteiger charge is -2.35. The van der Waals surface area contributed by atoms with Crippen molar-refractivity contribution in [2.45, 2.75) is 45.8 Å². The van der Waals surface area contributed by atoms with Crippen LogP contribution >= 0.6 is 0 Å². The first-order chi connectivity index (χ1) is 10.2. The van der Waals surface area contributed by atoms with Crippen molar-refractivity contribution in [2.24, 2.45) is 5.92 Å². The Morgan fingerprint density at radius 2 is 1.95 bits per heavy atom. The molecule has 1 aliphatic rings. The Morgan fingerprint density at radius 1 is 1.36 bits per heavy atom. The summed E-state index contributed by atoms with van der Waals surface area (Å²) in [5.74, 6) is -0.942. The summed E-state index contributed by atoms with van der Waals surface area (Å²) in [4.78, 5) is 25.1. The predicted molar refractivity (Wildman–Crippen MR) is 79.5 cm³/mol. The molecule has 1 saturated heterocycles. The first kappa shape index (κ1) is 16.5. The quantitative estimate of drug-likeness (QED) is 0.861. The van der Waals surface area contributed by atoms with Crippen molar-refractivity contribution in [2.75, 3.05) is 13.1 Å². The lowest BCUT2D eigenvalue weighted by Crippen LogP contribution is -2.50. The second-order valence-corrected chi connectivity index (χ2v) is 6.35. The highest BCUT2D eigenvalue weighted by Crippen LogP contribution is 2.24. The Kier molecular flexibility index (Phi) is 4.55. The van der Waals surface area contributed by atoms with Gasteiger partial charge in [-0.25, -0.2) is 4.79 Å². The number of hydrogen-bond donors (Lipinski definition) is 2. The molecule has 22 heavy (non-hydrogen) atoms. The Bertz CT molecular complexity index is 571. The summed E-state index contributed by atoms with van der Waals surface area (Å²) in [6, 6.07) is 0. The fraction of sp³-hybridized carbons (Fsp3) is 0.667. The standard InChI is InChI=1S/C15H23N3O4/c1-10(2)9-18-11(3)12(8-16-18)13(19)17-6-4-15(22,5-7-17)14(20)21/h8,10,22H,4-7,9H2,1-3H3,(H,20,21). The van der Waals surface area contributed by atoms with Gasteiger partial charge in [0.2, 0.25) is 0 Å². The van der Waals surface area contributed by atoms with E-state index in [1.165, 1.54) is 0 Å². The first-order valence-electron chi connectivity index (χ1n) is 7.52. The van der Waals surface area contributed by atoms with Crippen LogP contribution in [-0.2, 0) is 11.3 Å². The minimum atomic E-state index is -1.71. The van der Waals surface area contributed by atoms with Crippen LogP contribution in [0.4, 0.5) is 0 Å². The zero-order chi connectivity index (χ0) is 16.5. The van der Waals surface area contributed by atoms with E-state index in [4.69, 9.17) is 5.11 Å². The van der Waals surface area contributed by atoms with Gasteiger partial charge in [-0.1, -0.05) is 13.8 Å². The number of likely N-dealkylation sites (tertiary alicyclic amines) is 1. The molecule has 0 saturated carbocycles. The molecule has 122 valence electrons. The van der Waals surface area contributed by atoms with Crippen LogP contribution in [0.3, 0.4) is 0 Å². The number of aliphatic hydroxyl groups is 1. The van der Waals surface area contributed by atoms with E-state index in [9.17, 15) is 14.7 Å². The maximum Gasteiger partial charge on any atom is 0.335 e. The van der Waals surface area contributed by atoms with E-state index in [0.717, 1.165) is 12.2 Å². The lowest BCUT2D eigenvalue weighted by atomic mass is 9.91. The summed E-state index contributed by atoms with van der Waals surface area (Å²) in [7, 11) is 0. The van der Waals surface area contributed by atoms with E-state index in [-0.39, 0.29) is 31.8 Å². The van der Waals surface area contributed by atoms with E-state index in [1.807, 2.05) is 11.6 Å². The van der Waals surface area contributed by atoms with Gasteiger partial charge < -0.3 is 15.1 Å². The average Bonchev–Trinajstić information content (AvgIpc) is 2.79. The number of aliphatic carboxylic acids is 1. The Labute approximate surface area is 129 Å². The zero-order valence-electron chi connectivity index (χ0n) is 13.2. The van der Waals surface area contributed by atoms with Gasteiger partial charge in [0.05, 0.1) is 11.8 Å². The SMILES string of the molecule is Cc1c(C(=O)N2CCC(O)(C(=O)O)CC2)cnn1CC(C)C. The molecule has 0 bridgehead atoms. The van der Waals surface area contributed by atoms with Crippen molar-refractivity contribution in [3.05, 3.63) is 17.5 Å². The smallest absolute Gasteiger partial charge is 0.335 e. The van der Waals surface area contributed by atoms with Gasteiger partial charge in [0, 0.05) is 38.2 Å². The summed E-state index contributed by atoms with van der Waals surface area (Å²) in [5, 5.41) is 23.2. The van der Waals surface area contributed by atoms with Crippen molar-refractivity contribution in [1.82, 2.24) is 14.7 Å². The number of piperidine rings is 1. The van der Waals surface area contributed by atoms with Crippen LogP contribution in [0.2, 0.25) is 0 Å². The summed E-state index contributed by atoms with van der Waals surface area (Å²) < 4.78 is 1.81. The lowest BCUT2D eigenvalue weighted by molar-refractivity contribution is -0.162. The van der Waals surface area contributed by atoms with Gasteiger partial charge in [-0.2, -0.15) is 5.10 Å². The maximum atomic E-state index is 12.5. The fourth-order valence-corrected chi connectivity index (χ4v) is 2.65. The first-order valence-corrected chi connectivity index (χ1v) is 7.52. The predicted octanol–water partition coefficient (Wildman–Crippen LogP) is 0.899. The number of carbonyl (C=O) groups excluding carboxylic acids is 1. The van der Waals surface area contributed by atoms with Crippen LogP contribution in [0.5, 0.6) is 0 Å². The van der Waals surface area contributed by atoms with Crippen LogP contribution in [0.25, 0.3) is 0 Å². The van der Waals surface area contributed by atoms with Gasteiger partial charge in [-0.3, -0.25) is 9.48 Å². The molecule has 1 fully saturated rings. The van der Waals surface area contributed by atoms with Gasteiger partial charge in [0.1, 0.15) is 0 Å². The Morgan fingerprint density at radius 3 is 2.45 bits per heavy atom. The molecule has 1 amide bonds. The van der Waals surface area contributed by atoms with Crippen molar-refractivity contribution in [3.63, 3.8) is 0 Å². The van der Waals surface area contributed by atoms with Crippen LogP contribution in [-0.4, -0.2) is 55.5 Å². The Balaban J connectivity index is 2.07. The van der Waals surface area contributed by atoms with Crippen LogP contribution in [0.1, 0.15) is 42.7 Å². The normalized spacial score (nSPS) is 17.8. The highest BCUT2D eigenvalue weighted by molar-refractivity contribution is 5.95. The molecule has 0 spiro atoms. The average molecular weight is 309 g/mol. The van der Waals surface area contributed by atoms with Crippen molar-refractivity contribution < 1.29 is 19.8 Å². The van der Waals surface area contributed by atoms with Gasteiger partial charge >= 0.3 is 5.97 Å². The molecule has 0 unspecified atom stereocenters. The van der Waals surface area contributed by atoms with Gasteiger partial charge in [0.25, 0.3) is 5.91 Å². The molecule has 1 aliphatic heterocycles.